The smallest absolute Gasteiger partial charge is 0.358 e. The van der Waals surface area contributed by atoms with Crippen LogP contribution in [-0.4, -0.2) is 30.1 Å². The summed E-state index contributed by atoms with van der Waals surface area (Å²) in [5, 5.41) is 4.12. The largest absolute Gasteiger partial charge is 0.466 e. The normalized spacial score (nSPS) is 10.3. The summed E-state index contributed by atoms with van der Waals surface area (Å²) in [7, 11) is 0. The van der Waals surface area contributed by atoms with E-state index in [1.54, 1.807) is 32.0 Å². The van der Waals surface area contributed by atoms with Crippen molar-refractivity contribution in [1.82, 2.24) is 4.98 Å². The number of carbonyl (C=O) groups is 2. The van der Waals surface area contributed by atoms with E-state index in [1.807, 2.05) is 6.07 Å². The van der Waals surface area contributed by atoms with Crippen LogP contribution in [0.2, 0.25) is 5.02 Å². The van der Waals surface area contributed by atoms with Crippen molar-refractivity contribution in [3.05, 3.63) is 39.9 Å². The molecule has 1 heterocycles. The molecule has 6 nitrogen and oxygen atoms in total. The van der Waals surface area contributed by atoms with Gasteiger partial charge in [-0.2, -0.15) is 0 Å². The molecule has 0 aliphatic carbocycles. The van der Waals surface area contributed by atoms with Crippen LogP contribution in [0.5, 0.6) is 0 Å². The number of carbonyl (C=O) groups excluding carboxylic acids is 2. The van der Waals surface area contributed by atoms with Crippen molar-refractivity contribution in [2.75, 3.05) is 18.5 Å². The second kappa shape index (κ2) is 8.65. The number of nitrogens with one attached hydrogen (secondary N) is 1. The van der Waals surface area contributed by atoms with Crippen LogP contribution in [0.3, 0.4) is 0 Å². The molecule has 1 aromatic carbocycles. The summed E-state index contributed by atoms with van der Waals surface area (Å²) in [5.74, 6) is -0.979. The summed E-state index contributed by atoms with van der Waals surface area (Å²) in [4.78, 5) is 28.5. The number of rotatable bonds is 7. The van der Waals surface area contributed by atoms with E-state index >= 15 is 0 Å². The van der Waals surface area contributed by atoms with E-state index in [0.29, 0.717) is 15.0 Å². The third-order valence-electron chi connectivity index (χ3n) is 2.85. The summed E-state index contributed by atoms with van der Waals surface area (Å²) in [6, 6.07) is 7.11. The predicted molar refractivity (Wildman–Crippen MR) is 93.1 cm³/mol. The molecule has 24 heavy (non-hydrogen) atoms. The Kier molecular flexibility index (Phi) is 6.57. The summed E-state index contributed by atoms with van der Waals surface area (Å²) >= 11 is 7.15. The third kappa shape index (κ3) is 4.94. The molecule has 8 heteroatoms. The number of hydrogen-bond donors (Lipinski definition) is 1. The summed E-state index contributed by atoms with van der Waals surface area (Å²) in [6.07, 6.45) is -0.0309. The minimum Gasteiger partial charge on any atom is -0.466 e. The lowest BCUT2D eigenvalue weighted by molar-refractivity contribution is -0.142. The molecule has 0 aliphatic rings. The number of anilines is 2. The second-order valence-corrected chi connectivity index (χ2v) is 6.15. The molecule has 0 radical (unpaired) electrons. The van der Waals surface area contributed by atoms with Crippen LogP contribution in [0.4, 0.5) is 10.8 Å². The maximum atomic E-state index is 12.0. The molecule has 1 N–H and O–H groups in total. The first kappa shape index (κ1) is 18.2. The van der Waals surface area contributed by atoms with Gasteiger partial charge < -0.3 is 14.8 Å². The van der Waals surface area contributed by atoms with Gasteiger partial charge >= 0.3 is 11.9 Å². The summed E-state index contributed by atoms with van der Waals surface area (Å²) in [6.45, 7) is 3.94. The first-order valence-electron chi connectivity index (χ1n) is 7.38. The zero-order valence-corrected chi connectivity index (χ0v) is 14.9. The Bertz CT molecular complexity index is 733. The molecule has 2 rings (SSSR count). The average Bonchev–Trinajstić information content (AvgIpc) is 2.90. The Hall–Kier alpha value is -2.12. The number of halogens is 1. The lowest BCUT2D eigenvalue weighted by atomic mass is 10.3. The number of benzene rings is 1. The van der Waals surface area contributed by atoms with Gasteiger partial charge in [0.1, 0.15) is 0 Å². The molecular formula is C16H17ClN2O4S. The van der Waals surface area contributed by atoms with Crippen molar-refractivity contribution < 1.29 is 19.1 Å². The molecule has 128 valence electrons. The molecule has 0 aliphatic heterocycles. The fraction of sp³-hybridized carbons (Fsp3) is 0.312. The van der Waals surface area contributed by atoms with E-state index in [-0.39, 0.29) is 25.3 Å². The molecule has 2 aromatic rings. The first-order chi connectivity index (χ1) is 11.5. The molecule has 0 fully saturated rings. The van der Waals surface area contributed by atoms with Crippen molar-refractivity contribution in [3.63, 3.8) is 0 Å². The van der Waals surface area contributed by atoms with Crippen molar-refractivity contribution in [3.8, 4) is 0 Å². The molecule has 0 bridgehead atoms. The minimum atomic E-state index is -0.563. The van der Waals surface area contributed by atoms with Crippen molar-refractivity contribution in [2.24, 2.45) is 0 Å². The van der Waals surface area contributed by atoms with E-state index in [2.05, 4.69) is 10.3 Å². The van der Waals surface area contributed by atoms with Crippen LogP contribution >= 0.6 is 22.9 Å². The number of ether oxygens (including phenoxy) is 2. The van der Waals surface area contributed by atoms with E-state index in [4.69, 9.17) is 21.1 Å². The Labute approximate surface area is 148 Å². The number of nitrogens with zero attached hydrogens (tertiary/aromatic N) is 1. The molecule has 0 unspecified atom stereocenters. The zero-order valence-electron chi connectivity index (χ0n) is 13.3. The van der Waals surface area contributed by atoms with Gasteiger partial charge in [0.2, 0.25) is 0 Å². The average molecular weight is 369 g/mol. The fourth-order valence-electron chi connectivity index (χ4n) is 1.92. The van der Waals surface area contributed by atoms with Gasteiger partial charge in [0.05, 0.1) is 24.5 Å². The highest BCUT2D eigenvalue weighted by atomic mass is 35.5. The van der Waals surface area contributed by atoms with Gasteiger partial charge in [0.15, 0.2) is 10.8 Å². The number of aromatic nitrogens is 1. The van der Waals surface area contributed by atoms with Crippen LogP contribution in [0, 0.1) is 0 Å². The monoisotopic (exact) mass is 368 g/mol. The molecule has 0 amide bonds. The van der Waals surface area contributed by atoms with Crippen LogP contribution in [0.15, 0.2) is 24.3 Å². The molecule has 0 saturated heterocycles. The highest BCUT2D eigenvalue weighted by Gasteiger charge is 2.22. The summed E-state index contributed by atoms with van der Waals surface area (Å²) in [5.41, 5.74) is 0.855. The maximum absolute atomic E-state index is 12.0. The van der Waals surface area contributed by atoms with E-state index in [0.717, 1.165) is 5.69 Å². The molecule has 1 aromatic heterocycles. The second-order valence-electron chi connectivity index (χ2n) is 4.63. The highest BCUT2D eigenvalue weighted by Crippen LogP contribution is 2.28. The van der Waals surface area contributed by atoms with Crippen molar-refractivity contribution in [2.45, 2.75) is 20.3 Å². The third-order valence-corrected chi connectivity index (χ3v) is 4.06. The van der Waals surface area contributed by atoms with E-state index < -0.39 is 11.9 Å². The van der Waals surface area contributed by atoms with Crippen molar-refractivity contribution in [1.29, 1.82) is 0 Å². The Morgan fingerprint density at radius 2 is 2.00 bits per heavy atom. The Balaban J connectivity index is 2.25. The van der Waals surface area contributed by atoms with E-state index in [9.17, 15) is 9.59 Å². The van der Waals surface area contributed by atoms with E-state index in [1.165, 1.54) is 11.3 Å². The predicted octanol–water partition coefficient (Wildman–Crippen LogP) is 3.82. The highest BCUT2D eigenvalue weighted by molar-refractivity contribution is 7.16. The van der Waals surface area contributed by atoms with Gasteiger partial charge in [-0.15, -0.1) is 11.3 Å². The van der Waals surface area contributed by atoms with Gasteiger partial charge in [0, 0.05) is 10.7 Å². The molecule has 0 saturated carbocycles. The van der Waals surface area contributed by atoms with Gasteiger partial charge in [-0.25, -0.2) is 9.78 Å². The van der Waals surface area contributed by atoms with Crippen molar-refractivity contribution >= 4 is 45.7 Å². The molecular weight excluding hydrogens is 352 g/mol. The van der Waals surface area contributed by atoms with Crippen LogP contribution in [0.25, 0.3) is 0 Å². The Morgan fingerprint density at radius 3 is 2.67 bits per heavy atom. The van der Waals surface area contributed by atoms with Crippen LogP contribution < -0.4 is 5.32 Å². The quantitative estimate of drug-likeness (QED) is 0.748. The SMILES string of the molecule is CCOC(=O)Cc1sc(Nc2cccc(Cl)c2)nc1C(=O)OCC. The van der Waals surface area contributed by atoms with Gasteiger partial charge in [-0.05, 0) is 32.0 Å². The van der Waals surface area contributed by atoms with Crippen LogP contribution in [0.1, 0.15) is 29.2 Å². The number of esters is 2. The summed E-state index contributed by atoms with van der Waals surface area (Å²) < 4.78 is 9.93. The number of hydrogen-bond acceptors (Lipinski definition) is 7. The van der Waals surface area contributed by atoms with Gasteiger partial charge in [-0.1, -0.05) is 17.7 Å². The first-order valence-corrected chi connectivity index (χ1v) is 8.58. The lowest BCUT2D eigenvalue weighted by Crippen LogP contribution is -2.12. The topological polar surface area (TPSA) is 77.5 Å². The van der Waals surface area contributed by atoms with Gasteiger partial charge in [-0.3, -0.25) is 4.79 Å². The van der Waals surface area contributed by atoms with Gasteiger partial charge in [0.25, 0.3) is 0 Å². The number of thiazole rings is 1. The zero-order chi connectivity index (χ0) is 17.5. The lowest BCUT2D eigenvalue weighted by Gasteiger charge is -2.02. The van der Waals surface area contributed by atoms with Crippen LogP contribution in [-0.2, 0) is 20.7 Å². The fourth-order valence-corrected chi connectivity index (χ4v) is 3.06. The minimum absolute atomic E-state index is 0.0309. The maximum Gasteiger partial charge on any atom is 0.358 e. The Morgan fingerprint density at radius 1 is 1.25 bits per heavy atom. The molecule has 0 atom stereocenters. The standard InChI is InChI=1S/C16H17ClN2O4S/c1-3-22-13(20)9-12-14(15(21)23-4-2)19-16(24-12)18-11-7-5-6-10(17)8-11/h5-8H,3-4,9H2,1-2H3,(H,18,19). The molecule has 0 spiro atoms.